The summed E-state index contributed by atoms with van der Waals surface area (Å²) in [6.45, 7) is 11.2. The molecular formula is C53H98N20O15. The minimum atomic E-state index is -1.64. The second kappa shape index (κ2) is 42.3. The first kappa shape index (κ1) is 79.4. The Kier molecular flexibility index (Phi) is 38.1. The highest BCUT2D eigenvalue weighted by Crippen LogP contribution is 2.13. The summed E-state index contributed by atoms with van der Waals surface area (Å²) in [5.41, 5.74) is 38.3. The van der Waals surface area contributed by atoms with Crippen molar-refractivity contribution in [1.29, 1.82) is 0 Å². The van der Waals surface area contributed by atoms with Gasteiger partial charge >= 0.3 is 11.9 Å². The number of hydrogen-bond donors (Lipinski definition) is 20. The smallest absolute Gasteiger partial charge is 0.326 e. The maximum absolute atomic E-state index is 14.2. The molecule has 0 radical (unpaired) electrons. The van der Waals surface area contributed by atoms with Crippen LogP contribution >= 0.6 is 0 Å². The molecule has 0 aromatic carbocycles. The van der Waals surface area contributed by atoms with Crippen molar-refractivity contribution in [3.63, 3.8) is 0 Å². The number of carbonyl (C=O) groups excluding carboxylic acids is 10. The van der Waals surface area contributed by atoms with Crippen LogP contribution in [0.15, 0.2) is 15.0 Å². The molecule has 0 aliphatic carbocycles. The molecule has 0 aliphatic rings. The Morgan fingerprint density at radius 2 is 0.795 bits per heavy atom. The summed E-state index contributed by atoms with van der Waals surface area (Å²) in [5, 5.41) is 54.3. The number of aliphatic hydroxyl groups excluding tert-OH is 1. The lowest BCUT2D eigenvalue weighted by Crippen LogP contribution is -2.61. The van der Waals surface area contributed by atoms with Gasteiger partial charge in [-0.2, -0.15) is 0 Å². The molecule has 0 aliphatic heterocycles. The normalized spacial score (nSPS) is 14.4. The van der Waals surface area contributed by atoms with Gasteiger partial charge in [-0.25, -0.2) is 4.79 Å². The van der Waals surface area contributed by atoms with Gasteiger partial charge in [0.1, 0.15) is 54.4 Å². The predicted molar refractivity (Wildman–Crippen MR) is 324 cm³/mol. The SMILES string of the molecule is CC[C@H](C)[C@H](NC(=O)[C@H](CCC(=O)O)NC(=O)[C@@H](NC(=O)[C@H](CO)NC(=O)[C@H](CC(C)C)NC(=O)CN)C(C)C)C(=O)NCC(=O)N[C@@H](CCCN=C(N)N)C(=O)N[C@@H](CCCN=C(N)N)C(=O)N[C@@H](CCCN=C(N)N)C(=O)N[C@@H](CC(C)C)C(=O)O. The quantitative estimate of drug-likeness (QED) is 0.0153. The molecule has 0 aromatic rings. The highest BCUT2D eigenvalue weighted by Gasteiger charge is 2.36. The van der Waals surface area contributed by atoms with Crippen molar-refractivity contribution >= 4 is 88.9 Å². The molecule has 0 saturated heterocycles. The van der Waals surface area contributed by atoms with Gasteiger partial charge in [-0.3, -0.25) is 67.7 Å². The largest absolute Gasteiger partial charge is 0.481 e. The zero-order chi connectivity index (χ0) is 67.4. The average Bonchev–Trinajstić information content (AvgIpc) is 3.63. The first-order valence-corrected chi connectivity index (χ1v) is 29.1. The summed E-state index contributed by atoms with van der Waals surface area (Å²) in [5.74, 6) is -14.2. The summed E-state index contributed by atoms with van der Waals surface area (Å²) in [6, 6.07) is -12.9. The van der Waals surface area contributed by atoms with Crippen molar-refractivity contribution in [2.75, 3.05) is 39.3 Å². The van der Waals surface area contributed by atoms with Crippen LogP contribution in [-0.4, -0.2) is 198 Å². The van der Waals surface area contributed by atoms with Gasteiger partial charge in [-0.05, 0) is 81.5 Å². The summed E-state index contributed by atoms with van der Waals surface area (Å²) in [6.07, 6.45) is -0.812. The van der Waals surface area contributed by atoms with Crippen molar-refractivity contribution in [2.24, 2.45) is 78.8 Å². The number of nitrogens with two attached hydrogens (primary N) is 7. The lowest BCUT2D eigenvalue weighted by atomic mass is 9.97. The molecule has 0 heterocycles. The number of carboxylic acids is 2. The number of amides is 10. The minimum absolute atomic E-state index is 0.0108. The lowest BCUT2D eigenvalue weighted by molar-refractivity contribution is -0.143. The summed E-state index contributed by atoms with van der Waals surface area (Å²) < 4.78 is 0. The van der Waals surface area contributed by atoms with Crippen LogP contribution in [0.5, 0.6) is 0 Å². The van der Waals surface area contributed by atoms with Crippen molar-refractivity contribution in [3.05, 3.63) is 0 Å². The molecule has 0 fully saturated rings. The summed E-state index contributed by atoms with van der Waals surface area (Å²) in [4.78, 5) is 172. The van der Waals surface area contributed by atoms with Gasteiger partial charge in [0.2, 0.25) is 59.1 Å². The highest BCUT2D eigenvalue weighted by molar-refractivity contribution is 5.98. The van der Waals surface area contributed by atoms with E-state index < -0.39 is 170 Å². The van der Waals surface area contributed by atoms with Crippen molar-refractivity contribution in [2.45, 2.75) is 180 Å². The Balaban J connectivity index is 6.80. The van der Waals surface area contributed by atoms with E-state index in [-0.39, 0.29) is 107 Å². The van der Waals surface area contributed by atoms with Crippen LogP contribution in [0, 0.1) is 23.7 Å². The zero-order valence-corrected chi connectivity index (χ0v) is 51.7. The second-order valence-corrected chi connectivity index (χ2v) is 22.1. The van der Waals surface area contributed by atoms with Crippen LogP contribution in [0.3, 0.4) is 0 Å². The van der Waals surface area contributed by atoms with Crippen molar-refractivity contribution < 1.29 is 72.9 Å². The molecule has 0 aromatic heterocycles. The molecule has 0 bridgehead atoms. The highest BCUT2D eigenvalue weighted by atomic mass is 16.4. The molecule has 0 saturated carbocycles. The fourth-order valence-electron chi connectivity index (χ4n) is 8.31. The van der Waals surface area contributed by atoms with E-state index in [1.54, 1.807) is 41.5 Å². The number of nitrogens with zero attached hydrogens (tertiary/aromatic N) is 3. The number of aliphatic hydroxyl groups is 1. The van der Waals surface area contributed by atoms with Crippen molar-refractivity contribution in [1.82, 2.24) is 53.2 Å². The van der Waals surface area contributed by atoms with E-state index in [1.165, 1.54) is 13.8 Å². The van der Waals surface area contributed by atoms with E-state index in [4.69, 9.17) is 40.1 Å². The maximum Gasteiger partial charge on any atom is 0.326 e. The number of carbonyl (C=O) groups is 12. The van der Waals surface area contributed by atoms with E-state index in [2.05, 4.69) is 68.1 Å². The number of hydrogen-bond acceptors (Lipinski definition) is 17. The monoisotopic (exact) mass is 1250 g/mol. The van der Waals surface area contributed by atoms with Gasteiger partial charge in [0, 0.05) is 26.1 Å². The molecule has 27 N–H and O–H groups in total. The van der Waals surface area contributed by atoms with Gasteiger partial charge in [0.25, 0.3) is 0 Å². The van der Waals surface area contributed by atoms with Gasteiger partial charge in [-0.15, -0.1) is 0 Å². The van der Waals surface area contributed by atoms with Crippen LogP contribution < -0.4 is 93.3 Å². The van der Waals surface area contributed by atoms with E-state index >= 15 is 0 Å². The Bertz CT molecular complexity index is 2410. The average molecular weight is 1260 g/mol. The molecule has 10 amide bonds. The number of carboxylic acid groups (broad SMARTS) is 2. The molecule has 0 unspecified atom stereocenters. The Morgan fingerprint density at radius 3 is 1.19 bits per heavy atom. The van der Waals surface area contributed by atoms with Crippen LogP contribution in [0.4, 0.5) is 0 Å². The van der Waals surface area contributed by atoms with Gasteiger partial charge in [0.05, 0.1) is 19.7 Å². The first-order valence-electron chi connectivity index (χ1n) is 29.1. The van der Waals surface area contributed by atoms with E-state index in [0.29, 0.717) is 0 Å². The van der Waals surface area contributed by atoms with Gasteiger partial charge < -0.3 is 109 Å². The fraction of sp³-hybridized carbons (Fsp3) is 0.717. The first-order chi connectivity index (χ1) is 41.2. The topological polar surface area (TPSA) is 605 Å². The minimum Gasteiger partial charge on any atom is -0.481 e. The van der Waals surface area contributed by atoms with Gasteiger partial charge in [-0.1, -0.05) is 61.8 Å². The Hall–Kier alpha value is -8.63. The van der Waals surface area contributed by atoms with Crippen LogP contribution in [0.25, 0.3) is 0 Å². The van der Waals surface area contributed by atoms with Crippen LogP contribution in [0.1, 0.15) is 126 Å². The molecule has 0 rings (SSSR count). The van der Waals surface area contributed by atoms with E-state index in [1.807, 2.05) is 0 Å². The zero-order valence-electron chi connectivity index (χ0n) is 51.7. The van der Waals surface area contributed by atoms with E-state index in [9.17, 15) is 72.9 Å². The maximum atomic E-state index is 14.2. The number of rotatable bonds is 44. The number of aliphatic imine (C=N–C) groups is 3. The molecule has 35 nitrogen and oxygen atoms in total. The molecule has 35 heteroatoms. The third kappa shape index (κ3) is 33.3. The molecule has 0 spiro atoms. The third-order valence-electron chi connectivity index (χ3n) is 13.2. The third-order valence-corrected chi connectivity index (χ3v) is 13.2. The second-order valence-electron chi connectivity index (χ2n) is 22.1. The lowest BCUT2D eigenvalue weighted by Gasteiger charge is -2.29. The summed E-state index contributed by atoms with van der Waals surface area (Å²) in [7, 11) is 0. The van der Waals surface area contributed by atoms with Gasteiger partial charge in [0.15, 0.2) is 17.9 Å². The van der Waals surface area contributed by atoms with Crippen molar-refractivity contribution in [3.8, 4) is 0 Å². The standard InChI is InChI=1S/C53H98N20O15/c1-9-29(8)41(73-45(82)33(16-17-39(77)78)69-49(86)40(28(6)7)72-47(84)36(25-74)71-46(83)34(21-26(2)3)66-37(75)23-54)48(85)64-24-38(76)65-30(13-10-18-61-51(55)56)42(79)67-31(14-11-19-62-52(57)58)43(80)68-32(15-12-20-63-53(59)60)44(81)70-35(50(87)88)22-27(4)5/h26-36,40-41,74H,9-25,54H2,1-8H3,(H,64,85)(H,65,76)(H,66,75)(H,67,79)(H,68,80)(H,69,86)(H,70,81)(H,71,83)(H,72,84)(H,73,82)(H,77,78)(H,87,88)(H4,55,56,61)(H4,57,58,62)(H4,59,60,63)/t29-,30-,31-,32-,33-,34-,35-,36-,40-,41-/m0/s1. The fourth-order valence-corrected chi connectivity index (χ4v) is 8.31. The molecule has 10 atom stereocenters. The molecule has 500 valence electrons. The molecular weight excluding hydrogens is 1160 g/mol. The van der Waals surface area contributed by atoms with Crippen LogP contribution in [0.2, 0.25) is 0 Å². The Morgan fingerprint density at radius 1 is 0.432 bits per heavy atom. The Labute approximate surface area is 512 Å². The summed E-state index contributed by atoms with van der Waals surface area (Å²) >= 11 is 0. The molecule has 88 heavy (non-hydrogen) atoms. The number of guanidine groups is 3. The van der Waals surface area contributed by atoms with E-state index in [0.717, 1.165) is 0 Å². The number of aliphatic carboxylic acids is 2. The number of nitrogens with one attached hydrogen (secondary N) is 10. The van der Waals surface area contributed by atoms with Crippen LogP contribution in [-0.2, 0) is 57.5 Å². The predicted octanol–water partition coefficient (Wildman–Crippen LogP) is -6.68.